The van der Waals surface area contributed by atoms with Gasteiger partial charge in [0.2, 0.25) is 0 Å². The Kier molecular flexibility index (Phi) is 4.97. The minimum Gasteiger partial charge on any atom is -0.312 e. The van der Waals surface area contributed by atoms with Crippen molar-refractivity contribution in [3.05, 3.63) is 46.6 Å². The molecule has 0 unspecified atom stereocenters. The quantitative estimate of drug-likeness (QED) is 0.856. The molecule has 1 aromatic heterocycles. The number of benzene rings is 1. The average Bonchev–Trinajstić information content (AvgIpc) is 2.78. The van der Waals surface area contributed by atoms with Crippen LogP contribution in [0, 0.1) is 12.7 Å². The maximum atomic E-state index is 13.1. The van der Waals surface area contributed by atoms with Gasteiger partial charge in [-0.2, -0.15) is 0 Å². The third kappa shape index (κ3) is 4.03. The molecule has 21 heavy (non-hydrogen) atoms. The molecule has 1 aromatic carbocycles. The lowest BCUT2D eigenvalue weighted by molar-refractivity contribution is 0.603. The molecule has 0 radical (unpaired) electrons. The van der Waals surface area contributed by atoms with E-state index in [0.29, 0.717) is 6.54 Å². The van der Waals surface area contributed by atoms with Gasteiger partial charge >= 0.3 is 0 Å². The summed E-state index contributed by atoms with van der Waals surface area (Å²) in [6.07, 6.45) is 0. The third-order valence-corrected chi connectivity index (χ3v) is 5.97. The number of thiophene rings is 1. The highest BCUT2D eigenvalue weighted by Gasteiger charge is 2.19. The van der Waals surface area contributed by atoms with Gasteiger partial charge in [-0.15, -0.1) is 11.3 Å². The second-order valence-corrected chi connectivity index (χ2v) is 7.61. The first-order valence-corrected chi connectivity index (χ1v) is 8.80. The fourth-order valence-corrected chi connectivity index (χ4v) is 4.40. The Balaban J connectivity index is 2.23. The molecule has 0 amide bonds. The van der Waals surface area contributed by atoms with Gasteiger partial charge in [0.25, 0.3) is 10.0 Å². The molecule has 2 N–H and O–H groups in total. The number of sulfonamides is 1. The molecule has 0 atom stereocenters. The molecule has 0 aliphatic carbocycles. The fourth-order valence-electron chi connectivity index (χ4n) is 1.79. The number of rotatable bonds is 6. The van der Waals surface area contributed by atoms with E-state index in [2.05, 4.69) is 10.0 Å². The van der Waals surface area contributed by atoms with Gasteiger partial charge in [-0.1, -0.05) is 13.0 Å². The van der Waals surface area contributed by atoms with E-state index < -0.39 is 15.8 Å². The number of halogens is 1. The normalized spacial score (nSPS) is 11.6. The Morgan fingerprint density at radius 3 is 2.71 bits per heavy atom. The van der Waals surface area contributed by atoms with Crippen molar-refractivity contribution in [3.63, 3.8) is 0 Å². The van der Waals surface area contributed by atoms with E-state index in [0.717, 1.165) is 23.1 Å². The van der Waals surface area contributed by atoms with Crippen LogP contribution in [0.25, 0.3) is 0 Å². The topological polar surface area (TPSA) is 58.2 Å². The van der Waals surface area contributed by atoms with Gasteiger partial charge < -0.3 is 5.32 Å². The molecule has 0 spiro atoms. The highest BCUT2D eigenvalue weighted by Crippen LogP contribution is 2.27. The summed E-state index contributed by atoms with van der Waals surface area (Å²) in [4.78, 5) is 0.983. The largest absolute Gasteiger partial charge is 0.312 e. The molecular formula is C14H17FN2O2S2. The van der Waals surface area contributed by atoms with Crippen LogP contribution in [-0.2, 0) is 16.6 Å². The lowest BCUT2D eigenvalue weighted by Gasteiger charge is -2.05. The predicted molar refractivity (Wildman–Crippen MR) is 83.6 cm³/mol. The molecule has 2 aromatic rings. The minimum atomic E-state index is -3.68. The van der Waals surface area contributed by atoms with Gasteiger partial charge in [0, 0.05) is 11.4 Å². The van der Waals surface area contributed by atoms with E-state index in [4.69, 9.17) is 0 Å². The second-order valence-electron chi connectivity index (χ2n) is 4.57. The van der Waals surface area contributed by atoms with Gasteiger partial charge in [0.15, 0.2) is 0 Å². The van der Waals surface area contributed by atoms with E-state index in [1.165, 1.54) is 29.5 Å². The zero-order valence-electron chi connectivity index (χ0n) is 11.8. The molecule has 0 bridgehead atoms. The molecule has 0 fully saturated rings. The van der Waals surface area contributed by atoms with Crippen molar-refractivity contribution in [3.8, 4) is 0 Å². The molecule has 7 heteroatoms. The van der Waals surface area contributed by atoms with E-state index in [1.54, 1.807) is 6.07 Å². The summed E-state index contributed by atoms with van der Waals surface area (Å²) in [6, 6.07) is 7.03. The monoisotopic (exact) mass is 328 g/mol. The van der Waals surface area contributed by atoms with Crippen LogP contribution in [0.1, 0.15) is 17.4 Å². The van der Waals surface area contributed by atoms with E-state index in [9.17, 15) is 12.8 Å². The van der Waals surface area contributed by atoms with E-state index in [-0.39, 0.29) is 9.90 Å². The number of nitrogens with one attached hydrogen (secondary N) is 2. The number of hydrogen-bond acceptors (Lipinski definition) is 4. The van der Waals surface area contributed by atoms with Gasteiger partial charge in [-0.05, 0) is 43.3 Å². The maximum Gasteiger partial charge on any atom is 0.271 e. The Bertz CT molecular complexity index is 726. The number of anilines is 1. The molecule has 1 heterocycles. The first-order chi connectivity index (χ1) is 9.92. The van der Waals surface area contributed by atoms with Crippen LogP contribution < -0.4 is 10.0 Å². The first-order valence-electron chi connectivity index (χ1n) is 6.51. The maximum absolute atomic E-state index is 13.1. The Labute approximate surface area is 128 Å². The van der Waals surface area contributed by atoms with Crippen LogP contribution in [0.4, 0.5) is 10.1 Å². The summed E-state index contributed by atoms with van der Waals surface area (Å²) >= 11 is 1.22. The Morgan fingerprint density at radius 1 is 1.29 bits per heavy atom. The molecule has 0 aliphatic rings. The van der Waals surface area contributed by atoms with Crippen LogP contribution >= 0.6 is 11.3 Å². The highest BCUT2D eigenvalue weighted by molar-refractivity contribution is 7.94. The van der Waals surface area contributed by atoms with Crippen molar-refractivity contribution in [1.29, 1.82) is 0 Å². The minimum absolute atomic E-state index is 0.217. The van der Waals surface area contributed by atoms with Crippen molar-refractivity contribution in [2.24, 2.45) is 0 Å². The Hall–Kier alpha value is -1.44. The summed E-state index contributed by atoms with van der Waals surface area (Å²) in [6.45, 7) is 5.33. The summed E-state index contributed by atoms with van der Waals surface area (Å²) in [5, 5.41) is 3.17. The smallest absolute Gasteiger partial charge is 0.271 e. The molecule has 2 rings (SSSR count). The van der Waals surface area contributed by atoms with Gasteiger partial charge in [-0.25, -0.2) is 12.8 Å². The second kappa shape index (κ2) is 6.55. The van der Waals surface area contributed by atoms with Crippen molar-refractivity contribution < 1.29 is 12.8 Å². The molecule has 0 saturated heterocycles. The summed E-state index contributed by atoms with van der Waals surface area (Å²) in [7, 11) is -3.68. The van der Waals surface area contributed by atoms with Gasteiger partial charge in [0.1, 0.15) is 10.0 Å². The van der Waals surface area contributed by atoms with Gasteiger partial charge in [0.05, 0.1) is 5.69 Å². The highest BCUT2D eigenvalue weighted by atomic mass is 32.2. The third-order valence-electron chi connectivity index (χ3n) is 2.88. The van der Waals surface area contributed by atoms with E-state index >= 15 is 0 Å². The molecule has 0 saturated carbocycles. The number of aryl methyl sites for hydroxylation is 1. The average molecular weight is 328 g/mol. The van der Waals surface area contributed by atoms with Crippen molar-refractivity contribution in [1.82, 2.24) is 5.32 Å². The first kappa shape index (κ1) is 15.9. The molecule has 4 nitrogen and oxygen atoms in total. The summed E-state index contributed by atoms with van der Waals surface area (Å²) in [5.74, 6) is -0.481. The lowest BCUT2D eigenvalue weighted by Crippen LogP contribution is -2.12. The lowest BCUT2D eigenvalue weighted by atomic mass is 10.3. The summed E-state index contributed by atoms with van der Waals surface area (Å²) in [5.41, 5.74) is 1.15. The standard InChI is InChI=1S/C14H17FN2O2S2/c1-3-16-9-13-10(2)7-14(20-13)21(18,19)17-12-6-4-5-11(15)8-12/h4-8,16-17H,3,9H2,1-2H3. The van der Waals surface area contributed by atoms with Crippen molar-refractivity contribution in [2.75, 3.05) is 11.3 Å². The van der Waals surface area contributed by atoms with Crippen molar-refractivity contribution >= 4 is 27.0 Å². The van der Waals surface area contributed by atoms with Crippen LogP contribution in [-0.4, -0.2) is 15.0 Å². The molecule has 114 valence electrons. The van der Waals surface area contributed by atoms with Crippen LogP contribution in [0.5, 0.6) is 0 Å². The molecular weight excluding hydrogens is 311 g/mol. The van der Waals surface area contributed by atoms with E-state index in [1.807, 2.05) is 13.8 Å². The zero-order valence-corrected chi connectivity index (χ0v) is 13.4. The Morgan fingerprint density at radius 2 is 2.05 bits per heavy atom. The fraction of sp³-hybridized carbons (Fsp3) is 0.286. The summed E-state index contributed by atoms with van der Waals surface area (Å²) < 4.78 is 40.4. The van der Waals surface area contributed by atoms with Crippen LogP contribution in [0.2, 0.25) is 0 Å². The van der Waals surface area contributed by atoms with Crippen LogP contribution in [0.15, 0.2) is 34.5 Å². The van der Waals surface area contributed by atoms with Crippen LogP contribution in [0.3, 0.4) is 0 Å². The SMILES string of the molecule is CCNCc1sc(S(=O)(=O)Nc2cccc(F)c2)cc1C. The predicted octanol–water partition coefficient (Wildman–Crippen LogP) is 3.11. The zero-order chi connectivity index (χ0) is 15.5. The van der Waals surface area contributed by atoms with Gasteiger partial charge in [-0.3, -0.25) is 4.72 Å². The molecule has 0 aliphatic heterocycles. The van der Waals surface area contributed by atoms with Crippen molar-refractivity contribution in [2.45, 2.75) is 24.6 Å². The number of hydrogen-bond donors (Lipinski definition) is 2.